The minimum Gasteiger partial charge on any atom is -0.312 e. The van der Waals surface area contributed by atoms with E-state index in [2.05, 4.69) is 11.4 Å². The van der Waals surface area contributed by atoms with Crippen molar-refractivity contribution in [2.45, 2.75) is 6.42 Å². The van der Waals surface area contributed by atoms with E-state index in [-0.39, 0.29) is 0 Å². The van der Waals surface area contributed by atoms with E-state index in [9.17, 15) is 0 Å². The quantitative estimate of drug-likeness (QED) is 0.734. The van der Waals surface area contributed by atoms with Gasteiger partial charge >= 0.3 is 0 Å². The molecule has 1 aliphatic rings. The molecule has 0 spiro atoms. The third kappa shape index (κ3) is 1.56. The molecule has 1 aromatic heterocycles. The summed E-state index contributed by atoms with van der Waals surface area (Å²) in [6.07, 6.45) is 3.39. The van der Waals surface area contributed by atoms with E-state index in [1.807, 2.05) is 11.4 Å². The lowest BCUT2D eigenvalue weighted by molar-refractivity contribution is 0.740. The van der Waals surface area contributed by atoms with Crippen LogP contribution in [0.3, 0.4) is 0 Å². The van der Waals surface area contributed by atoms with Gasteiger partial charge in [0.1, 0.15) is 0 Å². The van der Waals surface area contributed by atoms with Gasteiger partial charge in [-0.25, -0.2) is 0 Å². The van der Waals surface area contributed by atoms with Crippen molar-refractivity contribution in [1.29, 1.82) is 0 Å². The third-order valence-corrected chi connectivity index (χ3v) is 3.35. The zero-order valence-corrected chi connectivity index (χ0v) is 8.21. The molecule has 0 radical (unpaired) electrons. The van der Waals surface area contributed by atoms with E-state index >= 15 is 0 Å². The van der Waals surface area contributed by atoms with Crippen LogP contribution in [0.5, 0.6) is 0 Å². The van der Waals surface area contributed by atoms with Gasteiger partial charge in [-0.2, -0.15) is 0 Å². The first kappa shape index (κ1) is 8.30. The lowest BCUT2D eigenvalue weighted by Crippen LogP contribution is -2.21. The van der Waals surface area contributed by atoms with Crippen molar-refractivity contribution in [3.05, 3.63) is 27.4 Å². The Morgan fingerprint density at radius 2 is 2.42 bits per heavy atom. The topological polar surface area (TPSA) is 12.0 Å². The van der Waals surface area contributed by atoms with Crippen molar-refractivity contribution < 1.29 is 0 Å². The predicted molar refractivity (Wildman–Crippen MR) is 54.8 cm³/mol. The van der Waals surface area contributed by atoms with Gasteiger partial charge in [0.25, 0.3) is 0 Å². The zero-order valence-electron chi connectivity index (χ0n) is 6.64. The number of hydrogen-bond acceptors (Lipinski definition) is 2. The van der Waals surface area contributed by atoms with E-state index in [4.69, 9.17) is 11.6 Å². The molecule has 1 aliphatic heterocycles. The maximum absolute atomic E-state index is 6.01. The highest BCUT2D eigenvalue weighted by atomic mass is 35.5. The largest absolute Gasteiger partial charge is 0.312 e. The Morgan fingerprint density at radius 3 is 3.00 bits per heavy atom. The SMILES string of the molecule is Clc1ccsc1C1=CCCNC1. The molecule has 2 rings (SSSR count). The summed E-state index contributed by atoms with van der Waals surface area (Å²) in [5.41, 5.74) is 1.35. The highest BCUT2D eigenvalue weighted by Gasteiger charge is 2.09. The molecule has 3 heteroatoms. The molecule has 12 heavy (non-hydrogen) atoms. The third-order valence-electron chi connectivity index (χ3n) is 1.94. The first-order valence-corrected chi connectivity index (χ1v) is 5.27. The standard InChI is InChI=1S/C9H10ClNS/c10-8-3-5-12-9(8)7-2-1-4-11-6-7/h2-3,5,11H,1,4,6H2. The van der Waals surface area contributed by atoms with Crippen LogP contribution in [-0.2, 0) is 0 Å². The molecule has 0 fully saturated rings. The Kier molecular flexibility index (Phi) is 2.49. The summed E-state index contributed by atoms with van der Waals surface area (Å²) >= 11 is 7.73. The molecule has 1 nitrogen and oxygen atoms in total. The Morgan fingerprint density at radius 1 is 1.50 bits per heavy atom. The number of halogens is 1. The second kappa shape index (κ2) is 3.60. The Hall–Kier alpha value is -0.310. The van der Waals surface area contributed by atoms with Crippen LogP contribution >= 0.6 is 22.9 Å². The molecule has 0 bridgehead atoms. The molecule has 2 heterocycles. The van der Waals surface area contributed by atoms with Crippen molar-refractivity contribution >= 4 is 28.5 Å². The highest BCUT2D eigenvalue weighted by Crippen LogP contribution is 2.29. The summed E-state index contributed by atoms with van der Waals surface area (Å²) in [5.74, 6) is 0. The minimum atomic E-state index is 0.884. The van der Waals surface area contributed by atoms with Gasteiger partial charge in [-0.3, -0.25) is 0 Å². The van der Waals surface area contributed by atoms with Gasteiger partial charge in [-0.15, -0.1) is 11.3 Å². The van der Waals surface area contributed by atoms with Crippen LogP contribution in [0.15, 0.2) is 17.5 Å². The smallest absolute Gasteiger partial charge is 0.0589 e. The fraction of sp³-hybridized carbons (Fsp3) is 0.333. The van der Waals surface area contributed by atoms with Crippen LogP contribution in [0.2, 0.25) is 5.02 Å². The van der Waals surface area contributed by atoms with Crippen LogP contribution in [0.25, 0.3) is 5.57 Å². The number of hydrogen-bond donors (Lipinski definition) is 1. The maximum atomic E-state index is 6.01. The number of rotatable bonds is 1. The van der Waals surface area contributed by atoms with Gasteiger partial charge < -0.3 is 5.32 Å². The van der Waals surface area contributed by atoms with Crippen LogP contribution in [0.1, 0.15) is 11.3 Å². The van der Waals surface area contributed by atoms with E-state index in [1.54, 1.807) is 11.3 Å². The van der Waals surface area contributed by atoms with E-state index in [0.717, 1.165) is 24.5 Å². The molecule has 0 saturated heterocycles. The van der Waals surface area contributed by atoms with Gasteiger partial charge in [-0.1, -0.05) is 17.7 Å². The van der Waals surface area contributed by atoms with E-state index in [1.165, 1.54) is 10.5 Å². The van der Waals surface area contributed by atoms with Crippen LogP contribution < -0.4 is 5.32 Å². The predicted octanol–water partition coefficient (Wildman–Crippen LogP) is 2.78. The first-order chi connectivity index (χ1) is 5.88. The van der Waals surface area contributed by atoms with Gasteiger partial charge in [0.05, 0.1) is 5.02 Å². The van der Waals surface area contributed by atoms with Crippen molar-refractivity contribution in [2.75, 3.05) is 13.1 Å². The fourth-order valence-electron chi connectivity index (χ4n) is 1.34. The maximum Gasteiger partial charge on any atom is 0.0589 e. The van der Waals surface area contributed by atoms with E-state index in [0.29, 0.717) is 0 Å². The molecule has 0 unspecified atom stereocenters. The molecule has 0 aliphatic carbocycles. The van der Waals surface area contributed by atoms with Crippen molar-refractivity contribution in [3.8, 4) is 0 Å². The second-order valence-electron chi connectivity index (χ2n) is 2.79. The average Bonchev–Trinajstić information content (AvgIpc) is 2.53. The summed E-state index contributed by atoms with van der Waals surface area (Å²) in [4.78, 5) is 1.23. The van der Waals surface area contributed by atoms with Crippen molar-refractivity contribution in [1.82, 2.24) is 5.32 Å². The molecule has 0 saturated carbocycles. The Bertz CT molecular complexity index is 303. The first-order valence-electron chi connectivity index (χ1n) is 4.01. The van der Waals surface area contributed by atoms with Crippen molar-refractivity contribution in [3.63, 3.8) is 0 Å². The van der Waals surface area contributed by atoms with Crippen molar-refractivity contribution in [2.24, 2.45) is 0 Å². The summed E-state index contributed by atoms with van der Waals surface area (Å²) in [6, 6.07) is 1.96. The molecular formula is C9H10ClNS. The highest BCUT2D eigenvalue weighted by molar-refractivity contribution is 7.11. The normalized spacial score (nSPS) is 17.6. The second-order valence-corrected chi connectivity index (χ2v) is 4.12. The van der Waals surface area contributed by atoms with Gasteiger partial charge in [-0.05, 0) is 30.0 Å². The van der Waals surface area contributed by atoms with E-state index < -0.39 is 0 Å². The Labute approximate surface area is 81.1 Å². The molecule has 0 atom stereocenters. The summed E-state index contributed by atoms with van der Waals surface area (Å²) in [7, 11) is 0. The molecule has 1 aromatic rings. The number of thiophene rings is 1. The lowest BCUT2D eigenvalue weighted by atomic mass is 10.1. The summed E-state index contributed by atoms with van der Waals surface area (Å²) in [6.45, 7) is 2.05. The summed E-state index contributed by atoms with van der Waals surface area (Å²) < 4.78 is 0. The van der Waals surface area contributed by atoms with Crippen LogP contribution in [0, 0.1) is 0 Å². The van der Waals surface area contributed by atoms with Crippen LogP contribution in [-0.4, -0.2) is 13.1 Å². The molecule has 1 N–H and O–H groups in total. The molecular weight excluding hydrogens is 190 g/mol. The zero-order chi connectivity index (χ0) is 8.39. The summed E-state index contributed by atoms with van der Waals surface area (Å²) in [5, 5.41) is 6.25. The average molecular weight is 200 g/mol. The van der Waals surface area contributed by atoms with Gasteiger partial charge in [0, 0.05) is 11.4 Å². The number of nitrogens with one attached hydrogen (secondary N) is 1. The lowest BCUT2D eigenvalue weighted by Gasteiger charge is -2.12. The monoisotopic (exact) mass is 199 g/mol. The molecule has 0 amide bonds. The fourth-order valence-corrected chi connectivity index (χ4v) is 2.56. The molecule has 64 valence electrons. The van der Waals surface area contributed by atoms with Gasteiger partial charge in [0.2, 0.25) is 0 Å². The van der Waals surface area contributed by atoms with Crippen LogP contribution in [0.4, 0.5) is 0 Å². The molecule has 0 aromatic carbocycles. The Balaban J connectivity index is 2.29. The van der Waals surface area contributed by atoms with Gasteiger partial charge in [0.15, 0.2) is 0 Å². The minimum absolute atomic E-state index is 0.884.